The molecule has 0 amide bonds. The van der Waals surface area contributed by atoms with E-state index in [0.29, 0.717) is 24.4 Å². The first-order valence-corrected chi connectivity index (χ1v) is 10.2. The number of halogens is 1. The molecule has 3 rings (SSSR count). The fourth-order valence-corrected chi connectivity index (χ4v) is 3.40. The zero-order valence-electron chi connectivity index (χ0n) is 17.0. The van der Waals surface area contributed by atoms with E-state index in [1.54, 1.807) is 19.1 Å². The van der Waals surface area contributed by atoms with E-state index in [1.165, 1.54) is 12.1 Å². The van der Waals surface area contributed by atoms with Crippen molar-refractivity contribution in [1.82, 2.24) is 9.78 Å². The van der Waals surface area contributed by atoms with Gasteiger partial charge in [-0.3, -0.25) is 4.68 Å². The number of hydrogen-bond donors (Lipinski definition) is 0. The second-order valence-corrected chi connectivity index (χ2v) is 7.00. The molecule has 0 radical (unpaired) electrons. The molecular weight excluding hydrogens is 367 g/mol. The highest BCUT2D eigenvalue weighted by molar-refractivity contribution is 5.97. The second-order valence-electron chi connectivity index (χ2n) is 7.00. The second kappa shape index (κ2) is 10.0. The monoisotopic (exact) mass is 394 g/mol. The molecular formula is C24H27FN2O2. The summed E-state index contributed by atoms with van der Waals surface area (Å²) in [5.74, 6) is -0.613. The molecule has 0 unspecified atom stereocenters. The lowest BCUT2D eigenvalue weighted by Gasteiger charge is -2.10. The normalized spacial score (nSPS) is 10.9. The Hall–Kier alpha value is -2.95. The average molecular weight is 394 g/mol. The number of unbranched alkanes of at least 4 members (excludes halogenated alkanes) is 2. The van der Waals surface area contributed by atoms with Gasteiger partial charge >= 0.3 is 5.97 Å². The van der Waals surface area contributed by atoms with Crippen LogP contribution in [0.3, 0.4) is 0 Å². The zero-order chi connectivity index (χ0) is 20.6. The minimum absolute atomic E-state index is 0.269. The van der Waals surface area contributed by atoms with E-state index < -0.39 is 0 Å². The van der Waals surface area contributed by atoms with Crippen molar-refractivity contribution in [2.45, 2.75) is 46.1 Å². The Labute approximate surface area is 171 Å². The maximum Gasteiger partial charge on any atom is 0.342 e. The predicted octanol–water partition coefficient (Wildman–Crippen LogP) is 5.65. The summed E-state index contributed by atoms with van der Waals surface area (Å²) in [6.07, 6.45) is 3.87. The smallest absolute Gasteiger partial charge is 0.342 e. The van der Waals surface area contributed by atoms with Crippen molar-refractivity contribution in [3.8, 4) is 11.3 Å². The van der Waals surface area contributed by atoms with Crippen LogP contribution in [0.25, 0.3) is 11.3 Å². The first kappa shape index (κ1) is 20.8. The molecule has 0 fully saturated rings. The summed E-state index contributed by atoms with van der Waals surface area (Å²) in [5.41, 5.74) is 3.86. The molecule has 5 heteroatoms. The van der Waals surface area contributed by atoms with E-state index in [9.17, 15) is 9.18 Å². The van der Waals surface area contributed by atoms with Gasteiger partial charge in [0.15, 0.2) is 0 Å². The molecule has 0 aliphatic heterocycles. The van der Waals surface area contributed by atoms with Gasteiger partial charge in [0, 0.05) is 5.56 Å². The van der Waals surface area contributed by atoms with Gasteiger partial charge in [-0.05, 0) is 37.5 Å². The minimum Gasteiger partial charge on any atom is -0.462 e. The third-order valence-corrected chi connectivity index (χ3v) is 4.85. The Kier molecular flexibility index (Phi) is 7.17. The summed E-state index contributed by atoms with van der Waals surface area (Å²) >= 11 is 0. The topological polar surface area (TPSA) is 44.1 Å². The van der Waals surface area contributed by atoms with Crippen LogP contribution in [0.4, 0.5) is 4.39 Å². The third kappa shape index (κ3) is 5.11. The number of aromatic nitrogens is 2. The van der Waals surface area contributed by atoms with Crippen molar-refractivity contribution in [2.75, 3.05) is 6.61 Å². The molecule has 0 spiro atoms. The number of rotatable bonds is 9. The standard InChI is InChI=1S/C24H27FN2O2/c1-3-5-7-12-21-22(24(28)29-4-2)23(19-10-8-6-9-11-19)26-27(21)17-18-13-15-20(25)16-14-18/h6,8-11,13-16H,3-5,7,12,17H2,1-2H3. The maximum absolute atomic E-state index is 13.3. The zero-order valence-corrected chi connectivity index (χ0v) is 17.0. The number of nitrogens with zero attached hydrogens (tertiary/aromatic N) is 2. The van der Waals surface area contributed by atoms with Gasteiger partial charge in [0.25, 0.3) is 0 Å². The predicted molar refractivity (Wildman–Crippen MR) is 112 cm³/mol. The van der Waals surface area contributed by atoms with Crippen LogP contribution in [-0.4, -0.2) is 22.4 Å². The summed E-state index contributed by atoms with van der Waals surface area (Å²) in [5, 5.41) is 4.80. The van der Waals surface area contributed by atoms with Crippen LogP contribution in [0.2, 0.25) is 0 Å². The summed E-state index contributed by atoms with van der Waals surface area (Å²) < 4.78 is 20.6. The average Bonchev–Trinajstić information content (AvgIpc) is 3.09. The lowest BCUT2D eigenvalue weighted by molar-refractivity contribution is 0.0525. The summed E-state index contributed by atoms with van der Waals surface area (Å²) in [4.78, 5) is 12.9. The van der Waals surface area contributed by atoms with Crippen molar-refractivity contribution in [2.24, 2.45) is 0 Å². The van der Waals surface area contributed by atoms with Gasteiger partial charge in [-0.25, -0.2) is 9.18 Å². The molecule has 1 aromatic heterocycles. The molecule has 0 aliphatic rings. The number of carbonyl (C=O) groups excluding carboxylic acids is 1. The van der Waals surface area contributed by atoms with E-state index in [1.807, 2.05) is 35.0 Å². The van der Waals surface area contributed by atoms with Crippen LogP contribution in [0.5, 0.6) is 0 Å². The van der Waals surface area contributed by atoms with Gasteiger partial charge in [0.1, 0.15) is 17.1 Å². The van der Waals surface area contributed by atoms with Crippen LogP contribution in [0, 0.1) is 5.82 Å². The highest BCUT2D eigenvalue weighted by Crippen LogP contribution is 2.28. The number of carbonyl (C=O) groups is 1. The van der Waals surface area contributed by atoms with Crippen LogP contribution in [0.1, 0.15) is 54.7 Å². The number of benzene rings is 2. The molecule has 152 valence electrons. The highest BCUT2D eigenvalue weighted by atomic mass is 19.1. The van der Waals surface area contributed by atoms with Crippen molar-refractivity contribution >= 4 is 5.97 Å². The summed E-state index contributed by atoms with van der Waals surface area (Å²) in [6.45, 7) is 4.74. The summed E-state index contributed by atoms with van der Waals surface area (Å²) in [6, 6.07) is 16.1. The quantitative estimate of drug-likeness (QED) is 0.348. The van der Waals surface area contributed by atoms with Gasteiger partial charge in [-0.1, -0.05) is 62.2 Å². The Balaban J connectivity index is 2.09. The van der Waals surface area contributed by atoms with E-state index in [-0.39, 0.29) is 11.8 Å². The molecule has 0 bridgehead atoms. The van der Waals surface area contributed by atoms with E-state index in [4.69, 9.17) is 9.84 Å². The molecule has 0 N–H and O–H groups in total. The van der Waals surface area contributed by atoms with Crippen molar-refractivity contribution in [3.05, 3.63) is 77.2 Å². The lowest BCUT2D eigenvalue weighted by Crippen LogP contribution is -2.12. The number of ether oxygens (including phenoxy) is 1. The molecule has 2 aromatic carbocycles. The minimum atomic E-state index is -0.344. The van der Waals surface area contributed by atoms with Gasteiger partial charge in [0.2, 0.25) is 0 Å². The molecule has 0 saturated carbocycles. The Bertz CT molecular complexity index is 934. The molecule has 0 saturated heterocycles. The van der Waals surface area contributed by atoms with Crippen molar-refractivity contribution in [3.63, 3.8) is 0 Å². The Morgan fingerprint density at radius 2 is 1.76 bits per heavy atom. The van der Waals surface area contributed by atoms with Crippen LogP contribution in [0.15, 0.2) is 54.6 Å². The lowest BCUT2D eigenvalue weighted by atomic mass is 10.0. The Morgan fingerprint density at radius 3 is 2.41 bits per heavy atom. The fourth-order valence-electron chi connectivity index (χ4n) is 3.40. The molecule has 4 nitrogen and oxygen atoms in total. The number of esters is 1. The molecule has 0 aliphatic carbocycles. The van der Waals surface area contributed by atoms with E-state index in [0.717, 1.165) is 42.5 Å². The van der Waals surface area contributed by atoms with Crippen LogP contribution < -0.4 is 0 Å². The fraction of sp³-hybridized carbons (Fsp3) is 0.333. The van der Waals surface area contributed by atoms with E-state index in [2.05, 4.69) is 6.92 Å². The molecule has 29 heavy (non-hydrogen) atoms. The van der Waals surface area contributed by atoms with Gasteiger partial charge in [-0.2, -0.15) is 5.10 Å². The van der Waals surface area contributed by atoms with Gasteiger partial charge in [0.05, 0.1) is 18.8 Å². The molecule has 1 heterocycles. The first-order valence-electron chi connectivity index (χ1n) is 10.2. The van der Waals surface area contributed by atoms with Gasteiger partial charge in [-0.15, -0.1) is 0 Å². The first-order chi connectivity index (χ1) is 14.1. The third-order valence-electron chi connectivity index (χ3n) is 4.85. The highest BCUT2D eigenvalue weighted by Gasteiger charge is 2.25. The molecule has 3 aromatic rings. The Morgan fingerprint density at radius 1 is 1.03 bits per heavy atom. The van der Waals surface area contributed by atoms with Crippen LogP contribution >= 0.6 is 0 Å². The van der Waals surface area contributed by atoms with Crippen molar-refractivity contribution in [1.29, 1.82) is 0 Å². The SMILES string of the molecule is CCCCCc1c(C(=O)OCC)c(-c2ccccc2)nn1Cc1ccc(F)cc1. The summed E-state index contributed by atoms with van der Waals surface area (Å²) in [7, 11) is 0. The van der Waals surface area contributed by atoms with Crippen molar-refractivity contribution < 1.29 is 13.9 Å². The van der Waals surface area contributed by atoms with E-state index >= 15 is 0 Å². The number of hydrogen-bond acceptors (Lipinski definition) is 3. The van der Waals surface area contributed by atoms with Crippen LogP contribution in [-0.2, 0) is 17.7 Å². The molecule has 0 atom stereocenters. The largest absolute Gasteiger partial charge is 0.462 e. The van der Waals surface area contributed by atoms with Gasteiger partial charge < -0.3 is 4.74 Å². The maximum atomic E-state index is 13.3.